The molecule has 0 radical (unpaired) electrons. The molecule has 0 aliphatic carbocycles. The molecule has 2 aliphatic rings. The number of rotatable bonds is 6. The molecule has 2 amide bonds. The van der Waals surface area contributed by atoms with Gasteiger partial charge < -0.3 is 9.64 Å². The third kappa shape index (κ3) is 4.13. The van der Waals surface area contributed by atoms with Crippen LogP contribution in [-0.2, 0) is 14.3 Å². The number of carbonyl (C=O) groups is 3. The summed E-state index contributed by atoms with van der Waals surface area (Å²) in [6, 6.07) is 7.66. The normalized spacial score (nSPS) is 19.2. The zero-order valence-corrected chi connectivity index (χ0v) is 17.2. The monoisotopic (exact) mass is 435 g/mol. The Bertz CT molecular complexity index is 895. The summed E-state index contributed by atoms with van der Waals surface area (Å²) >= 11 is 4.33. The van der Waals surface area contributed by atoms with Crippen LogP contribution in [0.1, 0.15) is 22.2 Å². The van der Waals surface area contributed by atoms with Crippen LogP contribution >= 0.6 is 34.4 Å². The fourth-order valence-electron chi connectivity index (χ4n) is 3.01. The van der Waals surface area contributed by atoms with Crippen LogP contribution in [0.3, 0.4) is 0 Å². The fourth-order valence-corrected chi connectivity index (χ4v) is 5.37. The Labute approximate surface area is 174 Å². The maximum Gasteiger partial charge on any atom is 0.326 e. The molecule has 4 rings (SSSR count). The van der Waals surface area contributed by atoms with E-state index in [4.69, 9.17) is 4.74 Å². The minimum absolute atomic E-state index is 0.128. The Balaban J connectivity index is 1.41. The number of esters is 1. The van der Waals surface area contributed by atoms with Crippen LogP contribution in [-0.4, -0.2) is 58.2 Å². The molecular weight excluding hydrogens is 418 g/mol. The molecule has 0 spiro atoms. The average molecular weight is 436 g/mol. The van der Waals surface area contributed by atoms with E-state index in [0.29, 0.717) is 18.7 Å². The molecule has 1 saturated heterocycles. The molecule has 2 aromatic heterocycles. The highest BCUT2D eigenvalue weighted by Crippen LogP contribution is 2.35. The summed E-state index contributed by atoms with van der Waals surface area (Å²) in [7, 11) is 0. The minimum atomic E-state index is -0.585. The molecule has 28 heavy (non-hydrogen) atoms. The number of carbonyl (C=O) groups excluding carboxylic acids is 3. The van der Waals surface area contributed by atoms with Gasteiger partial charge in [-0.3, -0.25) is 14.4 Å². The summed E-state index contributed by atoms with van der Waals surface area (Å²) < 4.78 is 5.12. The van der Waals surface area contributed by atoms with Crippen LogP contribution in [0.15, 0.2) is 40.1 Å². The van der Waals surface area contributed by atoms with Gasteiger partial charge in [0.15, 0.2) is 6.61 Å². The van der Waals surface area contributed by atoms with Crippen LogP contribution in [0.5, 0.6) is 0 Å². The first kappa shape index (κ1) is 19.2. The van der Waals surface area contributed by atoms with Gasteiger partial charge in [-0.25, -0.2) is 5.01 Å². The number of hydrogen-bond acceptors (Lipinski definition) is 8. The van der Waals surface area contributed by atoms with Crippen LogP contribution < -0.4 is 0 Å². The van der Waals surface area contributed by atoms with E-state index >= 15 is 0 Å². The van der Waals surface area contributed by atoms with E-state index in [2.05, 4.69) is 5.10 Å². The van der Waals surface area contributed by atoms with E-state index in [-0.39, 0.29) is 23.7 Å². The molecule has 1 atom stereocenters. The Hall–Kier alpha value is -2.17. The number of ether oxygens (including phenoxy) is 1. The third-order valence-electron chi connectivity index (χ3n) is 4.36. The molecule has 2 aromatic rings. The van der Waals surface area contributed by atoms with Gasteiger partial charge in [-0.1, -0.05) is 23.9 Å². The summed E-state index contributed by atoms with van der Waals surface area (Å²) in [5, 5.41) is 9.75. The predicted molar refractivity (Wildman–Crippen MR) is 110 cm³/mol. The molecule has 2 aliphatic heterocycles. The smallest absolute Gasteiger partial charge is 0.326 e. The lowest BCUT2D eigenvalue weighted by atomic mass is 10.1. The second-order valence-electron chi connectivity index (χ2n) is 6.19. The number of amides is 2. The van der Waals surface area contributed by atoms with Gasteiger partial charge in [0.1, 0.15) is 6.54 Å². The Morgan fingerprint density at radius 1 is 1.21 bits per heavy atom. The van der Waals surface area contributed by atoms with Gasteiger partial charge in [0.25, 0.3) is 11.1 Å². The SMILES string of the molecule is O=C(CN1CCSC1=O)OCC(=O)N1N=C(c2cccs2)CC1c1cccs1. The molecule has 1 unspecified atom stereocenters. The van der Waals surface area contributed by atoms with E-state index in [1.54, 1.807) is 22.7 Å². The molecule has 0 saturated carbocycles. The first-order chi connectivity index (χ1) is 13.6. The average Bonchev–Trinajstić information content (AvgIpc) is 3.45. The van der Waals surface area contributed by atoms with Crippen molar-refractivity contribution >= 4 is 57.3 Å². The van der Waals surface area contributed by atoms with E-state index in [0.717, 1.165) is 15.5 Å². The standard InChI is InChI=1S/C18H17N3O4S3/c22-16(11-25-17(23)10-20-5-8-28-18(20)24)21-13(15-4-2-7-27-15)9-12(19-21)14-3-1-6-26-14/h1-4,6-7,13H,5,8-11H2. The first-order valence-electron chi connectivity index (χ1n) is 8.66. The van der Waals surface area contributed by atoms with Gasteiger partial charge >= 0.3 is 5.97 Å². The number of thiophene rings is 2. The highest BCUT2D eigenvalue weighted by molar-refractivity contribution is 8.13. The topological polar surface area (TPSA) is 79.3 Å². The van der Waals surface area contributed by atoms with E-state index in [1.807, 2.05) is 35.0 Å². The van der Waals surface area contributed by atoms with Crippen molar-refractivity contribution in [1.82, 2.24) is 9.91 Å². The van der Waals surface area contributed by atoms with Gasteiger partial charge in [-0.15, -0.1) is 22.7 Å². The largest absolute Gasteiger partial charge is 0.454 e. The van der Waals surface area contributed by atoms with Crippen molar-refractivity contribution in [2.24, 2.45) is 5.10 Å². The van der Waals surface area contributed by atoms with Gasteiger partial charge in [0.05, 0.1) is 16.6 Å². The molecule has 0 bridgehead atoms. The van der Waals surface area contributed by atoms with Crippen molar-refractivity contribution in [1.29, 1.82) is 0 Å². The summed E-state index contributed by atoms with van der Waals surface area (Å²) in [6.07, 6.45) is 0.625. The van der Waals surface area contributed by atoms with Crippen molar-refractivity contribution < 1.29 is 19.1 Å². The minimum Gasteiger partial charge on any atom is -0.454 e. The van der Waals surface area contributed by atoms with Gasteiger partial charge in [-0.2, -0.15) is 5.10 Å². The number of hydrogen-bond donors (Lipinski definition) is 0. The molecule has 146 valence electrons. The van der Waals surface area contributed by atoms with E-state index < -0.39 is 12.6 Å². The second-order valence-corrected chi connectivity index (χ2v) is 9.17. The zero-order valence-electron chi connectivity index (χ0n) is 14.8. The summed E-state index contributed by atoms with van der Waals surface area (Å²) in [6.45, 7) is 0.00186. The van der Waals surface area contributed by atoms with E-state index in [9.17, 15) is 14.4 Å². The molecule has 1 fully saturated rings. The van der Waals surface area contributed by atoms with Crippen molar-refractivity contribution in [3.8, 4) is 0 Å². The fraction of sp³-hybridized carbons (Fsp3) is 0.333. The van der Waals surface area contributed by atoms with Crippen LogP contribution in [0.4, 0.5) is 4.79 Å². The zero-order chi connectivity index (χ0) is 19.5. The summed E-state index contributed by atoms with van der Waals surface area (Å²) in [4.78, 5) is 39.8. The lowest BCUT2D eigenvalue weighted by molar-refractivity contribution is -0.153. The van der Waals surface area contributed by atoms with Crippen molar-refractivity contribution in [2.45, 2.75) is 12.5 Å². The lowest BCUT2D eigenvalue weighted by Gasteiger charge is -2.20. The molecule has 4 heterocycles. The molecule has 0 N–H and O–H groups in total. The van der Waals surface area contributed by atoms with Gasteiger partial charge in [0, 0.05) is 23.6 Å². The van der Waals surface area contributed by atoms with Crippen LogP contribution in [0.2, 0.25) is 0 Å². The quantitative estimate of drug-likeness (QED) is 0.651. The maximum absolute atomic E-state index is 12.7. The highest BCUT2D eigenvalue weighted by atomic mass is 32.2. The lowest BCUT2D eigenvalue weighted by Crippen LogP contribution is -2.34. The molecule has 0 aromatic carbocycles. The summed E-state index contributed by atoms with van der Waals surface area (Å²) in [5.74, 6) is -0.291. The number of hydrazone groups is 1. The van der Waals surface area contributed by atoms with Crippen LogP contribution in [0, 0.1) is 0 Å². The van der Waals surface area contributed by atoms with Gasteiger partial charge in [-0.05, 0) is 22.9 Å². The maximum atomic E-state index is 12.7. The number of nitrogens with zero attached hydrogens (tertiary/aromatic N) is 3. The second kappa shape index (κ2) is 8.46. The van der Waals surface area contributed by atoms with Crippen molar-refractivity contribution in [3.63, 3.8) is 0 Å². The van der Waals surface area contributed by atoms with Crippen LogP contribution in [0.25, 0.3) is 0 Å². The molecular formula is C18H17N3O4S3. The predicted octanol–water partition coefficient (Wildman–Crippen LogP) is 3.20. The highest BCUT2D eigenvalue weighted by Gasteiger charge is 2.34. The molecule has 7 nitrogen and oxygen atoms in total. The van der Waals surface area contributed by atoms with Crippen molar-refractivity contribution in [3.05, 3.63) is 44.8 Å². The number of thioether (sulfide) groups is 1. The molecule has 10 heteroatoms. The Morgan fingerprint density at radius 2 is 2.04 bits per heavy atom. The third-order valence-corrected chi connectivity index (χ3v) is 7.15. The van der Waals surface area contributed by atoms with Gasteiger partial charge in [0.2, 0.25) is 0 Å². The Morgan fingerprint density at radius 3 is 2.71 bits per heavy atom. The van der Waals surface area contributed by atoms with E-state index in [1.165, 1.54) is 21.7 Å². The van der Waals surface area contributed by atoms with Crippen molar-refractivity contribution in [2.75, 3.05) is 25.4 Å². The Kier molecular flexibility index (Phi) is 5.79. The summed E-state index contributed by atoms with van der Waals surface area (Å²) in [5.41, 5.74) is 0.854. The first-order valence-corrected chi connectivity index (χ1v) is 11.4.